The number of hydrogen-bond donors (Lipinski definition) is 1. The first-order valence-electron chi connectivity index (χ1n) is 7.18. The Hall–Kier alpha value is -1.69. The van der Waals surface area contributed by atoms with Gasteiger partial charge in [-0.2, -0.15) is 0 Å². The van der Waals surface area contributed by atoms with E-state index in [1.54, 1.807) is 18.7 Å². The zero-order valence-electron chi connectivity index (χ0n) is 13.4. The van der Waals surface area contributed by atoms with Gasteiger partial charge in [0.2, 0.25) is 0 Å². The van der Waals surface area contributed by atoms with Crippen molar-refractivity contribution in [3.8, 4) is 5.75 Å². The molecule has 0 aromatic heterocycles. The number of benzene rings is 1. The lowest BCUT2D eigenvalue weighted by atomic mass is 10.2. The summed E-state index contributed by atoms with van der Waals surface area (Å²) in [6.07, 6.45) is 1.26. The van der Waals surface area contributed by atoms with Gasteiger partial charge in [0.05, 0.1) is 6.42 Å². The zero-order chi connectivity index (χ0) is 16.7. The molecule has 1 amide bonds. The number of rotatable bonds is 8. The van der Waals surface area contributed by atoms with Gasteiger partial charge >= 0.3 is 5.97 Å². The van der Waals surface area contributed by atoms with Crippen molar-refractivity contribution in [1.82, 2.24) is 4.90 Å². The summed E-state index contributed by atoms with van der Waals surface area (Å²) < 4.78 is 5.67. The van der Waals surface area contributed by atoms with Gasteiger partial charge in [0.1, 0.15) is 5.75 Å². The minimum atomic E-state index is -0.917. The van der Waals surface area contributed by atoms with E-state index >= 15 is 0 Å². The molecule has 6 heteroatoms. The average Bonchev–Trinajstić information content (AvgIpc) is 2.47. The number of aliphatic carboxylic acids is 1. The number of carboxylic acids is 1. The van der Waals surface area contributed by atoms with E-state index in [1.807, 2.05) is 44.4 Å². The van der Waals surface area contributed by atoms with Gasteiger partial charge in [-0.05, 0) is 51.3 Å². The molecule has 5 nitrogen and oxygen atoms in total. The van der Waals surface area contributed by atoms with E-state index in [9.17, 15) is 9.59 Å². The molecule has 0 aliphatic rings. The molecule has 0 saturated heterocycles. The van der Waals surface area contributed by atoms with Crippen LogP contribution in [0.3, 0.4) is 0 Å². The van der Waals surface area contributed by atoms with Crippen molar-refractivity contribution in [2.24, 2.45) is 0 Å². The first-order valence-corrected chi connectivity index (χ1v) is 8.40. The third-order valence-corrected chi connectivity index (χ3v) is 3.94. The van der Waals surface area contributed by atoms with Crippen LogP contribution in [0.4, 0.5) is 0 Å². The highest BCUT2D eigenvalue weighted by Gasteiger charge is 2.24. The van der Waals surface area contributed by atoms with Crippen molar-refractivity contribution >= 4 is 23.6 Å². The van der Waals surface area contributed by atoms with Crippen LogP contribution in [0.1, 0.15) is 27.2 Å². The van der Waals surface area contributed by atoms with Gasteiger partial charge in [-0.25, -0.2) is 0 Å². The molecular weight excluding hydrogens is 302 g/mol. The average molecular weight is 325 g/mol. The lowest BCUT2D eigenvalue weighted by Crippen LogP contribution is -2.45. The van der Waals surface area contributed by atoms with Crippen molar-refractivity contribution in [2.75, 3.05) is 12.8 Å². The van der Waals surface area contributed by atoms with Crippen LogP contribution in [0, 0.1) is 0 Å². The Morgan fingerprint density at radius 1 is 1.23 bits per heavy atom. The smallest absolute Gasteiger partial charge is 0.305 e. The van der Waals surface area contributed by atoms with E-state index in [2.05, 4.69) is 0 Å². The second-order valence-electron chi connectivity index (χ2n) is 5.20. The highest BCUT2D eigenvalue weighted by atomic mass is 32.2. The molecule has 122 valence electrons. The highest BCUT2D eigenvalue weighted by molar-refractivity contribution is 7.98. The monoisotopic (exact) mass is 325 g/mol. The molecule has 1 rings (SSSR count). The number of hydrogen-bond acceptors (Lipinski definition) is 4. The highest BCUT2D eigenvalue weighted by Crippen LogP contribution is 2.20. The molecule has 0 aliphatic carbocycles. The Bertz CT molecular complexity index is 501. The Kier molecular flexibility index (Phi) is 7.24. The van der Waals surface area contributed by atoms with Gasteiger partial charge in [-0.1, -0.05) is 0 Å². The summed E-state index contributed by atoms with van der Waals surface area (Å²) in [5.74, 6) is -0.495. The molecule has 1 aromatic carbocycles. The van der Waals surface area contributed by atoms with Crippen molar-refractivity contribution in [2.45, 2.75) is 44.2 Å². The molecule has 22 heavy (non-hydrogen) atoms. The predicted octanol–water partition coefficient (Wildman–Crippen LogP) is 2.89. The van der Waals surface area contributed by atoms with E-state index < -0.39 is 12.1 Å². The molecule has 1 unspecified atom stereocenters. The first kappa shape index (κ1) is 18.4. The van der Waals surface area contributed by atoms with E-state index in [4.69, 9.17) is 9.84 Å². The molecule has 1 aromatic rings. The van der Waals surface area contributed by atoms with Crippen LogP contribution in [-0.4, -0.2) is 46.8 Å². The molecular formula is C16H23NO4S. The molecule has 1 atom stereocenters. The number of amides is 1. The topological polar surface area (TPSA) is 66.8 Å². The van der Waals surface area contributed by atoms with Crippen LogP contribution < -0.4 is 4.74 Å². The maximum Gasteiger partial charge on any atom is 0.305 e. The maximum atomic E-state index is 12.4. The largest absolute Gasteiger partial charge is 0.481 e. The summed E-state index contributed by atoms with van der Waals surface area (Å²) in [6, 6.07) is 7.44. The fourth-order valence-corrected chi connectivity index (χ4v) is 2.39. The summed E-state index contributed by atoms with van der Waals surface area (Å²) in [5.41, 5.74) is 0. The Balaban J connectivity index is 2.69. The molecule has 0 saturated carbocycles. The van der Waals surface area contributed by atoms with Crippen LogP contribution in [-0.2, 0) is 9.59 Å². The summed E-state index contributed by atoms with van der Waals surface area (Å²) in [4.78, 5) is 25.8. The molecule has 0 spiro atoms. The Morgan fingerprint density at radius 2 is 1.82 bits per heavy atom. The molecule has 0 radical (unpaired) electrons. The van der Waals surface area contributed by atoms with Gasteiger partial charge < -0.3 is 14.7 Å². The number of carboxylic acid groups (broad SMARTS) is 1. The molecule has 0 fully saturated rings. The summed E-state index contributed by atoms with van der Waals surface area (Å²) in [7, 11) is 0. The van der Waals surface area contributed by atoms with Gasteiger partial charge in [-0.3, -0.25) is 9.59 Å². The maximum absolute atomic E-state index is 12.4. The third-order valence-electron chi connectivity index (χ3n) is 3.19. The number of carbonyl (C=O) groups excluding carboxylic acids is 1. The van der Waals surface area contributed by atoms with Crippen LogP contribution in [0.2, 0.25) is 0 Å². The third kappa shape index (κ3) is 5.60. The SMILES string of the molecule is CSc1ccc(OC(C)C(=O)N(CCC(=O)O)C(C)C)cc1. The summed E-state index contributed by atoms with van der Waals surface area (Å²) in [5, 5.41) is 8.78. The normalized spacial score (nSPS) is 12.0. The second kappa shape index (κ2) is 8.68. The van der Waals surface area contributed by atoms with Gasteiger partial charge in [0.25, 0.3) is 5.91 Å². The lowest BCUT2D eigenvalue weighted by molar-refractivity contribution is -0.142. The summed E-state index contributed by atoms with van der Waals surface area (Å²) >= 11 is 1.63. The number of carbonyl (C=O) groups is 2. The van der Waals surface area contributed by atoms with Crippen molar-refractivity contribution in [1.29, 1.82) is 0 Å². The molecule has 0 aliphatic heterocycles. The van der Waals surface area contributed by atoms with E-state index in [0.29, 0.717) is 5.75 Å². The Morgan fingerprint density at radius 3 is 2.27 bits per heavy atom. The van der Waals surface area contributed by atoms with Gasteiger partial charge in [0, 0.05) is 17.5 Å². The fourth-order valence-electron chi connectivity index (χ4n) is 1.98. The van der Waals surface area contributed by atoms with Crippen LogP contribution in [0.5, 0.6) is 5.75 Å². The number of thioether (sulfide) groups is 1. The molecule has 1 N–H and O–H groups in total. The first-order chi connectivity index (χ1) is 10.3. The second-order valence-corrected chi connectivity index (χ2v) is 6.08. The van der Waals surface area contributed by atoms with E-state index in [0.717, 1.165) is 4.90 Å². The van der Waals surface area contributed by atoms with Gasteiger partial charge in [0.15, 0.2) is 6.10 Å². The van der Waals surface area contributed by atoms with Crippen LogP contribution >= 0.6 is 11.8 Å². The zero-order valence-corrected chi connectivity index (χ0v) is 14.2. The van der Waals surface area contributed by atoms with Crippen LogP contribution in [0.25, 0.3) is 0 Å². The standard InChI is InChI=1S/C16H23NO4S/c1-11(2)17(10-9-15(18)19)16(20)12(3)21-13-5-7-14(22-4)8-6-13/h5-8,11-12H,9-10H2,1-4H3,(H,18,19). The van der Waals surface area contributed by atoms with E-state index in [-0.39, 0.29) is 24.9 Å². The number of nitrogens with zero attached hydrogens (tertiary/aromatic N) is 1. The minimum absolute atomic E-state index is 0.0704. The van der Waals surface area contributed by atoms with Gasteiger partial charge in [-0.15, -0.1) is 11.8 Å². The number of ether oxygens (including phenoxy) is 1. The predicted molar refractivity (Wildman–Crippen MR) is 87.4 cm³/mol. The molecule has 0 heterocycles. The lowest BCUT2D eigenvalue weighted by Gasteiger charge is -2.29. The van der Waals surface area contributed by atoms with E-state index in [1.165, 1.54) is 4.90 Å². The quantitative estimate of drug-likeness (QED) is 0.744. The van der Waals surface area contributed by atoms with Crippen molar-refractivity contribution in [3.63, 3.8) is 0 Å². The van der Waals surface area contributed by atoms with Crippen LogP contribution in [0.15, 0.2) is 29.2 Å². The molecule has 0 bridgehead atoms. The minimum Gasteiger partial charge on any atom is -0.481 e. The fraction of sp³-hybridized carbons (Fsp3) is 0.500. The van der Waals surface area contributed by atoms with Crippen molar-refractivity contribution in [3.05, 3.63) is 24.3 Å². The summed E-state index contributed by atoms with van der Waals surface area (Å²) in [6.45, 7) is 5.59. The Labute approximate surface area is 135 Å². The van der Waals surface area contributed by atoms with Crippen molar-refractivity contribution < 1.29 is 19.4 Å².